The van der Waals surface area contributed by atoms with E-state index in [1.165, 1.54) is 0 Å². The third-order valence-electron chi connectivity index (χ3n) is 4.19. The molecule has 0 fully saturated rings. The van der Waals surface area contributed by atoms with E-state index >= 15 is 0 Å². The monoisotopic (exact) mass is 347 g/mol. The molecule has 2 amide bonds. The molecule has 0 aliphatic carbocycles. The molecule has 0 spiro atoms. The molecular formula is C19H17N5O2. The summed E-state index contributed by atoms with van der Waals surface area (Å²) in [5.74, 6) is -0.0295. The van der Waals surface area contributed by atoms with Gasteiger partial charge in [-0.1, -0.05) is 30.3 Å². The van der Waals surface area contributed by atoms with Gasteiger partial charge in [0.25, 0.3) is 5.91 Å². The van der Waals surface area contributed by atoms with Crippen LogP contribution in [0.4, 0.5) is 5.95 Å². The van der Waals surface area contributed by atoms with Crippen LogP contribution >= 0.6 is 0 Å². The highest BCUT2D eigenvalue weighted by Crippen LogP contribution is 2.23. The van der Waals surface area contributed by atoms with Crippen LogP contribution in [0.3, 0.4) is 0 Å². The number of fused-ring (bicyclic) bond motifs is 1. The summed E-state index contributed by atoms with van der Waals surface area (Å²) in [4.78, 5) is 35.8. The smallest absolute Gasteiger partial charge is 0.253 e. The summed E-state index contributed by atoms with van der Waals surface area (Å²) in [6.45, 7) is 0.621. The molecular weight excluding hydrogens is 330 g/mol. The summed E-state index contributed by atoms with van der Waals surface area (Å²) in [5, 5.41) is 5.53. The Morgan fingerprint density at radius 3 is 2.85 bits per heavy atom. The minimum absolute atomic E-state index is 0.0841. The third kappa shape index (κ3) is 3.32. The lowest BCUT2D eigenvalue weighted by Crippen LogP contribution is -2.31. The molecule has 3 N–H and O–H groups in total. The van der Waals surface area contributed by atoms with Gasteiger partial charge in [-0.05, 0) is 17.7 Å². The number of H-pyrrole nitrogens is 1. The first kappa shape index (κ1) is 16.0. The molecule has 0 saturated carbocycles. The van der Waals surface area contributed by atoms with Crippen molar-refractivity contribution in [2.75, 3.05) is 11.9 Å². The Hall–Kier alpha value is -3.48. The second-order valence-corrected chi connectivity index (χ2v) is 6.06. The number of hydrogen-bond acceptors (Lipinski definition) is 4. The van der Waals surface area contributed by atoms with Crippen molar-refractivity contribution in [1.29, 1.82) is 0 Å². The quantitative estimate of drug-likeness (QED) is 0.671. The number of carbonyl (C=O) groups excluding carboxylic acids is 2. The third-order valence-corrected chi connectivity index (χ3v) is 4.19. The van der Waals surface area contributed by atoms with Crippen molar-refractivity contribution in [2.24, 2.45) is 0 Å². The zero-order valence-corrected chi connectivity index (χ0v) is 14.0. The Kier molecular flexibility index (Phi) is 4.18. The molecule has 0 saturated heterocycles. The fraction of sp³-hybridized carbons (Fsp3) is 0.158. The minimum Gasteiger partial charge on any atom is -0.356 e. The summed E-state index contributed by atoms with van der Waals surface area (Å²) in [6, 6.07) is 13.0. The predicted molar refractivity (Wildman–Crippen MR) is 96.6 cm³/mol. The van der Waals surface area contributed by atoms with Crippen LogP contribution in [0.5, 0.6) is 0 Å². The molecule has 26 heavy (non-hydrogen) atoms. The molecule has 1 aliphatic heterocycles. The van der Waals surface area contributed by atoms with Gasteiger partial charge < -0.3 is 10.3 Å². The standard InChI is InChI=1S/C19H17N5O2/c25-17(10-12-4-2-1-3-5-12)24-19-21-9-7-15(23-19)16-11-13-14(22-16)6-8-20-18(13)26/h1-5,7,9,11,22H,6,8,10H2,(H,20,26)(H,21,23,24,25). The van der Waals surface area contributed by atoms with Crippen molar-refractivity contribution in [3.63, 3.8) is 0 Å². The van der Waals surface area contributed by atoms with E-state index in [9.17, 15) is 9.59 Å². The number of carbonyl (C=O) groups is 2. The first-order valence-electron chi connectivity index (χ1n) is 8.36. The number of aromatic nitrogens is 3. The molecule has 3 heterocycles. The van der Waals surface area contributed by atoms with Gasteiger partial charge in [0.15, 0.2) is 0 Å². The Bertz CT molecular complexity index is 965. The molecule has 1 aromatic carbocycles. The van der Waals surface area contributed by atoms with Crippen LogP contribution in [0.1, 0.15) is 21.6 Å². The number of nitrogens with zero attached hydrogens (tertiary/aromatic N) is 2. The number of anilines is 1. The largest absolute Gasteiger partial charge is 0.356 e. The highest BCUT2D eigenvalue weighted by atomic mass is 16.2. The van der Waals surface area contributed by atoms with E-state index in [1.807, 2.05) is 30.3 Å². The van der Waals surface area contributed by atoms with E-state index in [0.717, 1.165) is 23.4 Å². The van der Waals surface area contributed by atoms with Crippen LogP contribution in [0.15, 0.2) is 48.7 Å². The second-order valence-electron chi connectivity index (χ2n) is 6.06. The van der Waals surface area contributed by atoms with Gasteiger partial charge in [-0.3, -0.25) is 14.9 Å². The van der Waals surface area contributed by atoms with E-state index in [-0.39, 0.29) is 24.2 Å². The Balaban J connectivity index is 1.52. The van der Waals surface area contributed by atoms with Gasteiger partial charge in [0.05, 0.1) is 23.4 Å². The van der Waals surface area contributed by atoms with Gasteiger partial charge in [-0.2, -0.15) is 0 Å². The SMILES string of the molecule is O=C(Cc1ccccc1)Nc1nccc(-c2cc3c([nH]2)CCNC3=O)n1. The fourth-order valence-corrected chi connectivity index (χ4v) is 2.95. The second kappa shape index (κ2) is 6.79. The highest BCUT2D eigenvalue weighted by molar-refractivity contribution is 5.97. The van der Waals surface area contributed by atoms with Gasteiger partial charge in [0, 0.05) is 24.9 Å². The minimum atomic E-state index is -0.182. The fourth-order valence-electron chi connectivity index (χ4n) is 2.95. The number of aromatic amines is 1. The topological polar surface area (TPSA) is 99.8 Å². The maximum absolute atomic E-state index is 12.2. The normalized spacial score (nSPS) is 13.0. The summed E-state index contributed by atoms with van der Waals surface area (Å²) in [6.07, 6.45) is 2.60. The van der Waals surface area contributed by atoms with Crippen molar-refractivity contribution in [1.82, 2.24) is 20.3 Å². The van der Waals surface area contributed by atoms with Gasteiger partial charge in [0.1, 0.15) is 0 Å². The lowest BCUT2D eigenvalue weighted by molar-refractivity contribution is -0.115. The molecule has 2 aromatic heterocycles. The van der Waals surface area contributed by atoms with Crippen LogP contribution in [0, 0.1) is 0 Å². The van der Waals surface area contributed by atoms with Crippen LogP contribution in [-0.2, 0) is 17.6 Å². The molecule has 3 aromatic rings. The summed E-state index contributed by atoms with van der Waals surface area (Å²) in [5.41, 5.74) is 3.81. The predicted octanol–water partition coefficient (Wildman–Crippen LogP) is 1.94. The first-order valence-corrected chi connectivity index (χ1v) is 8.36. The number of amides is 2. The van der Waals surface area contributed by atoms with Crippen molar-refractivity contribution < 1.29 is 9.59 Å². The van der Waals surface area contributed by atoms with Gasteiger partial charge in [0.2, 0.25) is 11.9 Å². The van der Waals surface area contributed by atoms with Gasteiger partial charge in [-0.15, -0.1) is 0 Å². The Labute approximate surface area is 149 Å². The molecule has 0 radical (unpaired) electrons. The van der Waals surface area contributed by atoms with Gasteiger partial charge >= 0.3 is 0 Å². The van der Waals surface area contributed by atoms with Crippen molar-refractivity contribution >= 4 is 17.8 Å². The summed E-state index contributed by atoms with van der Waals surface area (Å²) in [7, 11) is 0. The van der Waals surface area contributed by atoms with E-state index in [0.29, 0.717) is 17.8 Å². The Morgan fingerprint density at radius 2 is 2.04 bits per heavy atom. The molecule has 7 nitrogen and oxygen atoms in total. The average Bonchev–Trinajstić information content (AvgIpc) is 3.08. The summed E-state index contributed by atoms with van der Waals surface area (Å²) < 4.78 is 0. The first-order chi connectivity index (χ1) is 12.7. The van der Waals surface area contributed by atoms with E-state index < -0.39 is 0 Å². The maximum atomic E-state index is 12.2. The van der Waals surface area contributed by atoms with Crippen LogP contribution in [0.25, 0.3) is 11.4 Å². The van der Waals surface area contributed by atoms with Crippen LogP contribution in [-0.4, -0.2) is 33.3 Å². The zero-order chi connectivity index (χ0) is 17.9. The lowest BCUT2D eigenvalue weighted by Gasteiger charge is -2.10. The number of nitrogens with one attached hydrogen (secondary N) is 3. The van der Waals surface area contributed by atoms with Crippen molar-refractivity contribution in [3.05, 3.63) is 65.5 Å². The molecule has 0 unspecified atom stereocenters. The average molecular weight is 347 g/mol. The molecule has 0 atom stereocenters. The van der Waals surface area contributed by atoms with E-state index in [4.69, 9.17) is 0 Å². The van der Waals surface area contributed by atoms with Crippen molar-refractivity contribution in [3.8, 4) is 11.4 Å². The van der Waals surface area contributed by atoms with Crippen LogP contribution < -0.4 is 10.6 Å². The van der Waals surface area contributed by atoms with E-state index in [2.05, 4.69) is 25.6 Å². The van der Waals surface area contributed by atoms with Crippen LogP contribution in [0.2, 0.25) is 0 Å². The maximum Gasteiger partial charge on any atom is 0.253 e. The summed E-state index contributed by atoms with van der Waals surface area (Å²) >= 11 is 0. The number of rotatable bonds is 4. The number of hydrogen-bond donors (Lipinski definition) is 3. The van der Waals surface area contributed by atoms with Gasteiger partial charge in [-0.25, -0.2) is 9.97 Å². The molecule has 4 rings (SSSR count). The van der Waals surface area contributed by atoms with Crippen molar-refractivity contribution in [2.45, 2.75) is 12.8 Å². The van der Waals surface area contributed by atoms with E-state index in [1.54, 1.807) is 18.3 Å². The lowest BCUT2D eigenvalue weighted by atomic mass is 10.1. The number of benzene rings is 1. The molecule has 1 aliphatic rings. The highest BCUT2D eigenvalue weighted by Gasteiger charge is 2.20. The Morgan fingerprint density at radius 1 is 1.19 bits per heavy atom. The zero-order valence-electron chi connectivity index (χ0n) is 14.0. The molecule has 7 heteroatoms. The molecule has 0 bridgehead atoms. The molecule has 130 valence electrons.